The lowest BCUT2D eigenvalue weighted by Gasteiger charge is -1.93. The van der Waals surface area contributed by atoms with Crippen molar-refractivity contribution in [3.8, 4) is 11.8 Å². The van der Waals surface area contributed by atoms with Crippen LogP contribution in [0.5, 0.6) is 0 Å². The molecule has 0 aliphatic rings. The fraction of sp³-hybridized carbons (Fsp3) is 0.375. The van der Waals surface area contributed by atoms with E-state index in [0.29, 0.717) is 11.5 Å². The molecule has 0 saturated heterocycles. The smallest absolute Gasteiger partial charge is 0.160 e. The summed E-state index contributed by atoms with van der Waals surface area (Å²) in [5.41, 5.74) is 0.469. The summed E-state index contributed by atoms with van der Waals surface area (Å²) in [4.78, 5) is 0. The van der Waals surface area contributed by atoms with Crippen molar-refractivity contribution in [3.63, 3.8) is 0 Å². The SMILES string of the molecule is CC#C[C@H](O)c1cc(C)on1. The van der Waals surface area contributed by atoms with Crippen LogP contribution in [0.3, 0.4) is 0 Å². The first-order chi connectivity index (χ1) is 5.24. The molecule has 1 aromatic heterocycles. The number of hydrogen-bond donors (Lipinski definition) is 1. The van der Waals surface area contributed by atoms with Gasteiger partial charge in [0.15, 0.2) is 6.10 Å². The number of aliphatic hydroxyl groups is 1. The van der Waals surface area contributed by atoms with Gasteiger partial charge in [-0.2, -0.15) is 0 Å². The van der Waals surface area contributed by atoms with Gasteiger partial charge in [-0.1, -0.05) is 11.1 Å². The summed E-state index contributed by atoms with van der Waals surface area (Å²) >= 11 is 0. The van der Waals surface area contributed by atoms with Crippen LogP contribution in [0.4, 0.5) is 0 Å². The molecule has 11 heavy (non-hydrogen) atoms. The average Bonchev–Trinajstić information content (AvgIpc) is 2.36. The van der Waals surface area contributed by atoms with Crippen molar-refractivity contribution in [3.05, 3.63) is 17.5 Å². The molecule has 1 rings (SSSR count). The number of hydrogen-bond acceptors (Lipinski definition) is 3. The quantitative estimate of drug-likeness (QED) is 0.610. The number of aryl methyl sites for hydroxylation is 1. The van der Waals surface area contributed by atoms with E-state index < -0.39 is 6.10 Å². The molecular formula is C8H9NO2. The van der Waals surface area contributed by atoms with E-state index in [-0.39, 0.29) is 0 Å². The second-order valence-corrected chi connectivity index (χ2v) is 2.16. The molecule has 0 radical (unpaired) electrons. The van der Waals surface area contributed by atoms with E-state index >= 15 is 0 Å². The number of nitrogens with zero attached hydrogens (tertiary/aromatic N) is 1. The standard InChI is InChI=1S/C8H9NO2/c1-3-4-8(10)7-5-6(2)11-9-7/h5,8,10H,1-2H3/t8-/m0/s1. The molecule has 1 aromatic rings. The lowest BCUT2D eigenvalue weighted by molar-refractivity contribution is 0.225. The Kier molecular flexibility index (Phi) is 2.29. The summed E-state index contributed by atoms with van der Waals surface area (Å²) in [6, 6.07) is 1.66. The second-order valence-electron chi connectivity index (χ2n) is 2.16. The molecule has 0 saturated carbocycles. The molecule has 58 valence electrons. The first kappa shape index (κ1) is 7.83. The Morgan fingerprint density at radius 3 is 2.91 bits per heavy atom. The molecule has 0 spiro atoms. The van der Waals surface area contributed by atoms with E-state index in [1.54, 1.807) is 19.9 Å². The Bertz CT molecular complexity index is 293. The van der Waals surface area contributed by atoms with Crippen LogP contribution >= 0.6 is 0 Å². The Labute approximate surface area is 65.0 Å². The Morgan fingerprint density at radius 1 is 1.73 bits per heavy atom. The Balaban J connectivity index is 2.81. The summed E-state index contributed by atoms with van der Waals surface area (Å²) in [7, 11) is 0. The van der Waals surface area contributed by atoms with Crippen LogP contribution in [0, 0.1) is 18.8 Å². The number of aromatic nitrogens is 1. The van der Waals surface area contributed by atoms with Crippen molar-refractivity contribution in [2.45, 2.75) is 20.0 Å². The van der Waals surface area contributed by atoms with Crippen molar-refractivity contribution in [1.82, 2.24) is 5.16 Å². The molecule has 1 heterocycles. The highest BCUT2D eigenvalue weighted by molar-refractivity contribution is 5.17. The van der Waals surface area contributed by atoms with Gasteiger partial charge in [-0.3, -0.25) is 0 Å². The maximum absolute atomic E-state index is 9.24. The first-order valence-electron chi connectivity index (χ1n) is 3.27. The molecule has 3 heteroatoms. The van der Waals surface area contributed by atoms with Crippen LogP contribution < -0.4 is 0 Å². The van der Waals surface area contributed by atoms with E-state index in [9.17, 15) is 5.11 Å². The van der Waals surface area contributed by atoms with E-state index in [4.69, 9.17) is 4.52 Å². The van der Waals surface area contributed by atoms with Gasteiger partial charge in [0.25, 0.3) is 0 Å². The van der Waals surface area contributed by atoms with Crippen LogP contribution in [-0.2, 0) is 0 Å². The summed E-state index contributed by atoms with van der Waals surface area (Å²) < 4.78 is 4.75. The van der Waals surface area contributed by atoms with Gasteiger partial charge in [-0.05, 0) is 13.8 Å². The van der Waals surface area contributed by atoms with Gasteiger partial charge in [-0.15, -0.1) is 5.92 Å². The zero-order chi connectivity index (χ0) is 8.27. The monoisotopic (exact) mass is 151 g/mol. The largest absolute Gasteiger partial charge is 0.374 e. The van der Waals surface area contributed by atoms with Gasteiger partial charge in [0, 0.05) is 6.07 Å². The van der Waals surface area contributed by atoms with Gasteiger partial charge < -0.3 is 9.63 Å². The van der Waals surface area contributed by atoms with E-state index in [0.717, 1.165) is 0 Å². The molecule has 0 amide bonds. The summed E-state index contributed by atoms with van der Waals surface area (Å²) in [5, 5.41) is 12.8. The molecule has 0 unspecified atom stereocenters. The molecule has 0 bridgehead atoms. The van der Waals surface area contributed by atoms with Crippen molar-refractivity contribution >= 4 is 0 Å². The van der Waals surface area contributed by atoms with Crippen molar-refractivity contribution in [1.29, 1.82) is 0 Å². The number of rotatable bonds is 1. The van der Waals surface area contributed by atoms with Crippen molar-refractivity contribution < 1.29 is 9.63 Å². The highest BCUT2D eigenvalue weighted by Gasteiger charge is 2.07. The van der Waals surface area contributed by atoms with Crippen LogP contribution in [0.15, 0.2) is 10.6 Å². The second kappa shape index (κ2) is 3.22. The first-order valence-corrected chi connectivity index (χ1v) is 3.27. The number of aliphatic hydroxyl groups excluding tert-OH is 1. The summed E-state index contributed by atoms with van der Waals surface area (Å²) in [6.45, 7) is 3.43. The molecule has 0 fully saturated rings. The normalized spacial score (nSPS) is 11.9. The third-order valence-electron chi connectivity index (χ3n) is 1.21. The molecular weight excluding hydrogens is 142 g/mol. The molecule has 1 atom stereocenters. The van der Waals surface area contributed by atoms with Crippen molar-refractivity contribution in [2.24, 2.45) is 0 Å². The highest BCUT2D eigenvalue weighted by atomic mass is 16.5. The third kappa shape index (κ3) is 1.82. The van der Waals surface area contributed by atoms with Gasteiger partial charge in [0.1, 0.15) is 11.5 Å². The lowest BCUT2D eigenvalue weighted by Crippen LogP contribution is -1.92. The summed E-state index contributed by atoms with van der Waals surface area (Å²) in [5.74, 6) is 5.83. The van der Waals surface area contributed by atoms with Gasteiger partial charge in [0.2, 0.25) is 0 Å². The van der Waals surface area contributed by atoms with Crippen LogP contribution in [0.2, 0.25) is 0 Å². The predicted molar refractivity (Wildman–Crippen MR) is 39.6 cm³/mol. The van der Waals surface area contributed by atoms with E-state index in [1.807, 2.05) is 0 Å². The van der Waals surface area contributed by atoms with Crippen LogP contribution in [0.25, 0.3) is 0 Å². The fourth-order valence-corrected chi connectivity index (χ4v) is 0.725. The fourth-order valence-electron chi connectivity index (χ4n) is 0.725. The highest BCUT2D eigenvalue weighted by Crippen LogP contribution is 2.10. The molecule has 1 N–H and O–H groups in total. The van der Waals surface area contributed by atoms with Gasteiger partial charge >= 0.3 is 0 Å². The summed E-state index contributed by atoms with van der Waals surface area (Å²) in [6.07, 6.45) is -0.822. The van der Waals surface area contributed by atoms with Crippen LogP contribution in [0.1, 0.15) is 24.5 Å². The zero-order valence-corrected chi connectivity index (χ0v) is 6.46. The maximum atomic E-state index is 9.24. The maximum Gasteiger partial charge on any atom is 0.160 e. The third-order valence-corrected chi connectivity index (χ3v) is 1.21. The topological polar surface area (TPSA) is 46.3 Å². The Morgan fingerprint density at radius 2 is 2.45 bits per heavy atom. The molecule has 3 nitrogen and oxygen atoms in total. The Hall–Kier alpha value is -1.27. The minimum absolute atomic E-state index is 0.469. The minimum Gasteiger partial charge on any atom is -0.374 e. The average molecular weight is 151 g/mol. The van der Waals surface area contributed by atoms with Crippen molar-refractivity contribution in [2.75, 3.05) is 0 Å². The molecule has 0 aromatic carbocycles. The lowest BCUT2D eigenvalue weighted by atomic mass is 10.2. The van der Waals surface area contributed by atoms with E-state index in [2.05, 4.69) is 17.0 Å². The van der Waals surface area contributed by atoms with E-state index in [1.165, 1.54) is 0 Å². The molecule has 0 aliphatic heterocycles. The molecule has 0 aliphatic carbocycles. The predicted octanol–water partition coefficient (Wildman–Crippen LogP) is 1.04. The van der Waals surface area contributed by atoms with Crippen LogP contribution in [-0.4, -0.2) is 10.3 Å². The van der Waals surface area contributed by atoms with Gasteiger partial charge in [0.05, 0.1) is 0 Å². The minimum atomic E-state index is -0.822. The zero-order valence-electron chi connectivity index (χ0n) is 6.46. The van der Waals surface area contributed by atoms with Gasteiger partial charge in [-0.25, -0.2) is 0 Å².